The Kier molecular flexibility index (Phi) is 9.41. The van der Waals surface area contributed by atoms with E-state index in [9.17, 15) is 20.1 Å². The third-order valence-corrected chi connectivity index (χ3v) is 6.17. The Hall–Kier alpha value is -2.54. The van der Waals surface area contributed by atoms with Gasteiger partial charge in [0.2, 0.25) is 5.91 Å². The van der Waals surface area contributed by atoms with Crippen LogP contribution in [0.3, 0.4) is 0 Å². The zero-order valence-electron chi connectivity index (χ0n) is 18.4. The highest BCUT2D eigenvalue weighted by Crippen LogP contribution is 2.36. The van der Waals surface area contributed by atoms with Gasteiger partial charge in [0, 0.05) is 31.2 Å². The molecule has 0 bridgehead atoms. The largest absolute Gasteiger partial charge is 0.393 e. The molecule has 172 valence electrons. The number of hydrogen-bond acceptors (Lipinski definition) is 5. The van der Waals surface area contributed by atoms with Crippen LogP contribution in [-0.2, 0) is 6.42 Å². The predicted octanol–water partition coefficient (Wildman–Crippen LogP) is 3.55. The Bertz CT molecular complexity index is 863. The number of aromatic nitrogens is 2. The summed E-state index contributed by atoms with van der Waals surface area (Å²) in [5.41, 5.74) is 1.19. The maximum atomic E-state index is 11.9. The SMILES string of the molecule is O=C(CCCC=CCC1C(O)CC(O)C1C=CC(O)CCc1ccccc1)n1ccnc1. The van der Waals surface area contributed by atoms with E-state index < -0.39 is 18.3 Å². The van der Waals surface area contributed by atoms with Crippen molar-refractivity contribution in [3.05, 3.63) is 78.9 Å². The van der Waals surface area contributed by atoms with Crippen LogP contribution in [0.2, 0.25) is 0 Å². The molecular weight excluding hydrogens is 404 g/mol. The van der Waals surface area contributed by atoms with E-state index in [0.717, 1.165) is 19.3 Å². The number of aliphatic hydroxyl groups is 3. The molecule has 5 unspecified atom stereocenters. The van der Waals surface area contributed by atoms with E-state index >= 15 is 0 Å². The van der Waals surface area contributed by atoms with Crippen molar-refractivity contribution in [3.8, 4) is 0 Å². The van der Waals surface area contributed by atoms with E-state index in [0.29, 0.717) is 25.7 Å². The topological polar surface area (TPSA) is 95.6 Å². The van der Waals surface area contributed by atoms with Crippen LogP contribution in [-0.4, -0.2) is 49.1 Å². The number of nitrogens with zero attached hydrogens (tertiary/aromatic N) is 2. The summed E-state index contributed by atoms with van der Waals surface area (Å²) in [6, 6.07) is 10.0. The molecule has 1 aromatic carbocycles. The summed E-state index contributed by atoms with van der Waals surface area (Å²) >= 11 is 0. The highest BCUT2D eigenvalue weighted by atomic mass is 16.3. The van der Waals surface area contributed by atoms with Gasteiger partial charge in [0.05, 0.1) is 18.3 Å². The van der Waals surface area contributed by atoms with Crippen LogP contribution in [0.5, 0.6) is 0 Å². The molecule has 32 heavy (non-hydrogen) atoms. The smallest absolute Gasteiger partial charge is 0.231 e. The van der Waals surface area contributed by atoms with Crippen LogP contribution in [0.4, 0.5) is 0 Å². The van der Waals surface area contributed by atoms with Gasteiger partial charge in [0.25, 0.3) is 0 Å². The molecule has 0 saturated heterocycles. The van der Waals surface area contributed by atoms with Crippen LogP contribution in [0.25, 0.3) is 0 Å². The average Bonchev–Trinajstić information content (AvgIpc) is 3.42. The molecule has 2 aromatic rings. The van der Waals surface area contributed by atoms with E-state index in [1.54, 1.807) is 18.5 Å². The average molecular weight is 439 g/mol. The van der Waals surface area contributed by atoms with Gasteiger partial charge in [0.1, 0.15) is 6.33 Å². The first-order valence-electron chi connectivity index (χ1n) is 11.5. The molecule has 1 fully saturated rings. The summed E-state index contributed by atoms with van der Waals surface area (Å²) in [6.07, 6.45) is 15.1. The molecule has 6 heteroatoms. The molecular formula is C26H34N2O4. The first-order chi connectivity index (χ1) is 15.5. The lowest BCUT2D eigenvalue weighted by Gasteiger charge is -2.19. The van der Waals surface area contributed by atoms with Crippen molar-refractivity contribution in [1.29, 1.82) is 0 Å². The fourth-order valence-electron chi connectivity index (χ4n) is 4.30. The summed E-state index contributed by atoms with van der Waals surface area (Å²) in [4.78, 5) is 15.8. The van der Waals surface area contributed by atoms with Crippen molar-refractivity contribution in [2.24, 2.45) is 11.8 Å². The normalized spacial score (nSPS) is 24.5. The second-order valence-corrected chi connectivity index (χ2v) is 8.55. The number of aryl methyl sites for hydroxylation is 1. The van der Waals surface area contributed by atoms with Gasteiger partial charge in [-0.15, -0.1) is 0 Å². The van der Waals surface area contributed by atoms with Crippen molar-refractivity contribution in [2.45, 2.75) is 63.3 Å². The summed E-state index contributed by atoms with van der Waals surface area (Å²) in [7, 11) is 0. The number of aliphatic hydroxyl groups excluding tert-OH is 3. The molecule has 3 N–H and O–H groups in total. The molecule has 0 radical (unpaired) electrons. The number of carbonyl (C=O) groups is 1. The quantitative estimate of drug-likeness (QED) is 0.368. The zero-order valence-corrected chi connectivity index (χ0v) is 18.4. The standard InChI is InChI=1S/C26H34N2O4/c29-21(13-12-20-8-4-3-5-9-20)14-15-23-22(24(30)18-25(23)31)10-6-1-2-7-11-26(32)28-17-16-27-19-28/h1,3-6,8-9,14-17,19,21-25,29-31H,2,7,10-13,18H2. The van der Waals surface area contributed by atoms with E-state index in [4.69, 9.17) is 0 Å². The minimum absolute atomic E-state index is 0.0289. The van der Waals surface area contributed by atoms with Gasteiger partial charge in [-0.25, -0.2) is 4.98 Å². The van der Waals surface area contributed by atoms with Gasteiger partial charge >= 0.3 is 0 Å². The van der Waals surface area contributed by atoms with Gasteiger partial charge in [-0.2, -0.15) is 0 Å². The van der Waals surface area contributed by atoms with Crippen molar-refractivity contribution >= 4 is 5.91 Å². The van der Waals surface area contributed by atoms with Crippen molar-refractivity contribution in [3.63, 3.8) is 0 Å². The number of benzene rings is 1. The Balaban J connectivity index is 1.42. The summed E-state index contributed by atoms with van der Waals surface area (Å²) in [6.45, 7) is 0. The monoisotopic (exact) mass is 438 g/mol. The van der Waals surface area contributed by atoms with Crippen LogP contribution in [0.15, 0.2) is 73.4 Å². The lowest BCUT2D eigenvalue weighted by Crippen LogP contribution is -2.20. The molecule has 1 aromatic heterocycles. The number of unbranched alkanes of at least 4 members (excludes halogenated alkanes) is 1. The van der Waals surface area contributed by atoms with E-state index in [1.165, 1.54) is 16.5 Å². The Morgan fingerprint density at radius 1 is 1.19 bits per heavy atom. The van der Waals surface area contributed by atoms with Crippen molar-refractivity contribution < 1.29 is 20.1 Å². The summed E-state index contributed by atoms with van der Waals surface area (Å²) < 4.78 is 1.49. The lowest BCUT2D eigenvalue weighted by atomic mass is 9.89. The fraction of sp³-hybridized carbons (Fsp3) is 0.462. The minimum atomic E-state index is -0.603. The second kappa shape index (κ2) is 12.5. The number of imidazole rings is 1. The zero-order chi connectivity index (χ0) is 22.8. The molecule has 5 atom stereocenters. The maximum Gasteiger partial charge on any atom is 0.231 e. The minimum Gasteiger partial charge on any atom is -0.393 e. The van der Waals surface area contributed by atoms with E-state index in [1.807, 2.05) is 48.6 Å². The van der Waals surface area contributed by atoms with Crippen LogP contribution in [0, 0.1) is 11.8 Å². The van der Waals surface area contributed by atoms with Gasteiger partial charge in [-0.05, 0) is 43.6 Å². The fourth-order valence-corrected chi connectivity index (χ4v) is 4.30. The van der Waals surface area contributed by atoms with Crippen LogP contribution < -0.4 is 0 Å². The highest BCUT2D eigenvalue weighted by Gasteiger charge is 2.39. The van der Waals surface area contributed by atoms with Crippen molar-refractivity contribution in [1.82, 2.24) is 9.55 Å². The highest BCUT2D eigenvalue weighted by molar-refractivity contribution is 5.78. The van der Waals surface area contributed by atoms with Crippen molar-refractivity contribution in [2.75, 3.05) is 0 Å². The van der Waals surface area contributed by atoms with Crippen LogP contribution in [0.1, 0.15) is 48.9 Å². The summed E-state index contributed by atoms with van der Waals surface area (Å²) in [5.74, 6) is -0.225. The number of carbonyl (C=O) groups excluding carboxylic acids is 1. The molecule has 6 nitrogen and oxygen atoms in total. The molecule has 1 aliphatic rings. The first kappa shape index (κ1) is 24.1. The Morgan fingerprint density at radius 3 is 2.75 bits per heavy atom. The number of hydrogen-bond donors (Lipinski definition) is 3. The van der Waals surface area contributed by atoms with Gasteiger partial charge in [-0.1, -0.05) is 54.6 Å². The van der Waals surface area contributed by atoms with E-state index in [2.05, 4.69) is 4.98 Å². The Labute approximate surface area is 189 Å². The molecule has 1 heterocycles. The number of allylic oxidation sites excluding steroid dienone is 2. The molecule has 1 saturated carbocycles. The lowest BCUT2D eigenvalue weighted by molar-refractivity contribution is 0.0900. The van der Waals surface area contributed by atoms with Crippen LogP contribution >= 0.6 is 0 Å². The molecule has 0 amide bonds. The number of rotatable bonds is 11. The van der Waals surface area contributed by atoms with Gasteiger partial charge < -0.3 is 15.3 Å². The third-order valence-electron chi connectivity index (χ3n) is 6.17. The molecule has 3 rings (SSSR count). The maximum absolute atomic E-state index is 11.9. The second-order valence-electron chi connectivity index (χ2n) is 8.55. The molecule has 1 aliphatic carbocycles. The van der Waals surface area contributed by atoms with Gasteiger partial charge in [-0.3, -0.25) is 9.36 Å². The third kappa shape index (κ3) is 7.26. The molecule has 0 aliphatic heterocycles. The Morgan fingerprint density at radius 2 is 2.00 bits per heavy atom. The predicted molar refractivity (Wildman–Crippen MR) is 124 cm³/mol. The van der Waals surface area contributed by atoms with Gasteiger partial charge in [0.15, 0.2) is 0 Å². The van der Waals surface area contributed by atoms with E-state index in [-0.39, 0.29) is 17.7 Å². The molecule has 0 spiro atoms. The first-order valence-corrected chi connectivity index (χ1v) is 11.5. The summed E-state index contributed by atoms with van der Waals surface area (Å²) in [5, 5.41) is 31.1.